The molecule has 1 saturated heterocycles. The summed E-state index contributed by atoms with van der Waals surface area (Å²) in [5.74, 6) is 0.0182. The first-order valence-electron chi connectivity index (χ1n) is 9.38. The van der Waals surface area contributed by atoms with E-state index in [9.17, 15) is 9.59 Å². The number of primary amides is 1. The quantitative estimate of drug-likeness (QED) is 0.685. The van der Waals surface area contributed by atoms with Crippen molar-refractivity contribution in [3.63, 3.8) is 0 Å². The number of rotatable bonds is 4. The second-order valence-electron chi connectivity index (χ2n) is 7.13. The van der Waals surface area contributed by atoms with E-state index in [4.69, 9.17) is 17.3 Å². The number of benzene rings is 1. The van der Waals surface area contributed by atoms with Gasteiger partial charge in [-0.05, 0) is 25.0 Å². The van der Waals surface area contributed by atoms with Crippen molar-refractivity contribution in [3.05, 3.63) is 47.4 Å². The number of halogens is 1. The van der Waals surface area contributed by atoms with Gasteiger partial charge in [0.05, 0.1) is 11.9 Å². The fourth-order valence-electron chi connectivity index (χ4n) is 3.59. The molecule has 1 atom stereocenters. The van der Waals surface area contributed by atoms with Crippen LogP contribution in [-0.4, -0.2) is 50.2 Å². The molecule has 3 N–H and O–H groups in total. The molecule has 8 nitrogen and oxygen atoms in total. The van der Waals surface area contributed by atoms with Gasteiger partial charge in [-0.2, -0.15) is 0 Å². The number of fused-ring (bicyclic) bond motifs is 1. The minimum absolute atomic E-state index is 0.0547. The Bertz CT molecular complexity index is 1080. The average molecular weight is 413 g/mol. The molecule has 4 rings (SSSR count). The molecule has 1 aliphatic rings. The number of piperidine rings is 1. The van der Waals surface area contributed by atoms with Crippen LogP contribution in [0.15, 0.2) is 36.7 Å². The van der Waals surface area contributed by atoms with Gasteiger partial charge in [0.15, 0.2) is 11.5 Å². The molecule has 1 fully saturated rings. The van der Waals surface area contributed by atoms with Crippen LogP contribution in [0, 0.1) is 0 Å². The fourth-order valence-corrected chi connectivity index (χ4v) is 3.72. The van der Waals surface area contributed by atoms with Gasteiger partial charge in [0.1, 0.15) is 5.69 Å². The molecule has 2 aromatic heterocycles. The third kappa shape index (κ3) is 3.88. The van der Waals surface area contributed by atoms with Crippen LogP contribution in [0.3, 0.4) is 0 Å². The smallest absolute Gasteiger partial charge is 0.267 e. The number of imidazole rings is 1. The summed E-state index contributed by atoms with van der Waals surface area (Å²) in [6.45, 7) is 2.94. The first-order chi connectivity index (χ1) is 13.9. The normalized spacial score (nSPS) is 16.8. The van der Waals surface area contributed by atoms with Crippen LogP contribution in [0.4, 0.5) is 5.82 Å². The Morgan fingerprint density at radius 1 is 1.28 bits per heavy atom. The molecular weight excluding hydrogens is 392 g/mol. The van der Waals surface area contributed by atoms with Crippen molar-refractivity contribution >= 4 is 34.9 Å². The molecule has 0 saturated carbocycles. The largest absolute Gasteiger partial charge is 0.364 e. The lowest BCUT2D eigenvalue weighted by Gasteiger charge is -2.32. The van der Waals surface area contributed by atoms with Crippen molar-refractivity contribution in [2.24, 2.45) is 5.73 Å². The van der Waals surface area contributed by atoms with E-state index in [1.165, 1.54) is 6.20 Å². The molecule has 3 aromatic rings. The summed E-state index contributed by atoms with van der Waals surface area (Å²) in [5, 5.41) is 4.02. The second kappa shape index (κ2) is 7.71. The molecule has 0 radical (unpaired) electrons. The number of nitrogens with one attached hydrogen (secondary N) is 1. The maximum absolute atomic E-state index is 11.9. The SMILES string of the molecule is CC(=O)N1CCC[C@H](Nc2ncc(C(N)=O)n3cc(-c4ccc(Cl)cc4)nc23)C1. The highest BCUT2D eigenvalue weighted by molar-refractivity contribution is 6.30. The van der Waals surface area contributed by atoms with Crippen molar-refractivity contribution in [1.29, 1.82) is 0 Å². The third-order valence-electron chi connectivity index (χ3n) is 5.09. The van der Waals surface area contributed by atoms with Crippen molar-refractivity contribution in [2.75, 3.05) is 18.4 Å². The molecule has 1 aliphatic heterocycles. The van der Waals surface area contributed by atoms with Gasteiger partial charge in [-0.25, -0.2) is 9.97 Å². The van der Waals surface area contributed by atoms with Crippen molar-refractivity contribution in [3.8, 4) is 11.3 Å². The number of carbonyl (C=O) groups excluding carboxylic acids is 2. The Morgan fingerprint density at radius 3 is 2.72 bits per heavy atom. The average Bonchev–Trinajstić information content (AvgIpc) is 3.14. The molecule has 29 heavy (non-hydrogen) atoms. The molecule has 0 aliphatic carbocycles. The van der Waals surface area contributed by atoms with E-state index in [1.54, 1.807) is 29.7 Å². The van der Waals surface area contributed by atoms with Gasteiger partial charge in [0, 0.05) is 42.8 Å². The number of likely N-dealkylation sites (tertiary alicyclic amines) is 1. The number of anilines is 1. The first kappa shape index (κ1) is 19.2. The van der Waals surface area contributed by atoms with Crippen LogP contribution in [0.5, 0.6) is 0 Å². The molecule has 1 aromatic carbocycles. The van der Waals surface area contributed by atoms with Crippen LogP contribution in [-0.2, 0) is 4.79 Å². The van der Waals surface area contributed by atoms with Gasteiger partial charge in [-0.15, -0.1) is 0 Å². The predicted octanol–water partition coefficient (Wildman–Crippen LogP) is 2.57. The number of nitrogens with zero attached hydrogens (tertiary/aromatic N) is 4. The van der Waals surface area contributed by atoms with Gasteiger partial charge < -0.3 is 16.0 Å². The zero-order valence-electron chi connectivity index (χ0n) is 15.9. The van der Waals surface area contributed by atoms with E-state index in [0.717, 1.165) is 24.9 Å². The summed E-state index contributed by atoms with van der Waals surface area (Å²) in [5.41, 5.74) is 7.81. The Balaban J connectivity index is 1.72. The third-order valence-corrected chi connectivity index (χ3v) is 5.35. The monoisotopic (exact) mass is 412 g/mol. The van der Waals surface area contributed by atoms with Gasteiger partial charge in [-0.1, -0.05) is 23.7 Å². The number of nitrogens with two attached hydrogens (primary N) is 1. The Kier molecular flexibility index (Phi) is 5.10. The molecule has 3 heterocycles. The Morgan fingerprint density at radius 2 is 2.03 bits per heavy atom. The van der Waals surface area contributed by atoms with E-state index in [1.807, 2.05) is 17.0 Å². The van der Waals surface area contributed by atoms with E-state index >= 15 is 0 Å². The lowest BCUT2D eigenvalue weighted by atomic mass is 10.1. The van der Waals surface area contributed by atoms with E-state index in [2.05, 4.69) is 15.3 Å². The van der Waals surface area contributed by atoms with E-state index < -0.39 is 5.91 Å². The van der Waals surface area contributed by atoms with Gasteiger partial charge >= 0.3 is 0 Å². The van der Waals surface area contributed by atoms with Crippen LogP contribution < -0.4 is 11.1 Å². The summed E-state index contributed by atoms with van der Waals surface area (Å²) >= 11 is 5.98. The molecule has 9 heteroatoms. The predicted molar refractivity (Wildman–Crippen MR) is 111 cm³/mol. The van der Waals surface area contributed by atoms with Crippen molar-refractivity contribution < 1.29 is 9.59 Å². The number of hydrogen-bond acceptors (Lipinski definition) is 5. The lowest BCUT2D eigenvalue weighted by Crippen LogP contribution is -2.44. The minimum Gasteiger partial charge on any atom is -0.364 e. The fraction of sp³-hybridized carbons (Fsp3) is 0.300. The standard InChI is InChI=1S/C20H21ClN6O2/c1-12(28)26-8-2-3-15(10-26)24-19-20-25-16(13-4-6-14(21)7-5-13)11-27(20)17(9-23-19)18(22)29/h4-7,9,11,15H,2-3,8,10H2,1H3,(H2,22,29)(H,23,24)/t15-/m0/s1. The van der Waals surface area contributed by atoms with Crippen LogP contribution in [0.25, 0.3) is 16.9 Å². The highest BCUT2D eigenvalue weighted by Crippen LogP contribution is 2.26. The van der Waals surface area contributed by atoms with Crippen molar-refractivity contribution in [1.82, 2.24) is 19.3 Å². The van der Waals surface area contributed by atoms with E-state index in [-0.39, 0.29) is 17.6 Å². The van der Waals surface area contributed by atoms with Crippen LogP contribution in [0.2, 0.25) is 5.02 Å². The van der Waals surface area contributed by atoms with Gasteiger partial charge in [0.25, 0.3) is 5.91 Å². The van der Waals surface area contributed by atoms with Crippen LogP contribution >= 0.6 is 11.6 Å². The summed E-state index contributed by atoms with van der Waals surface area (Å²) in [7, 11) is 0. The maximum atomic E-state index is 11.9. The summed E-state index contributed by atoms with van der Waals surface area (Å²) in [6, 6.07) is 7.34. The minimum atomic E-state index is -0.588. The zero-order valence-corrected chi connectivity index (χ0v) is 16.7. The Labute approximate surface area is 172 Å². The number of carbonyl (C=O) groups is 2. The summed E-state index contributed by atoms with van der Waals surface area (Å²) in [6.07, 6.45) is 5.03. The highest BCUT2D eigenvalue weighted by atomic mass is 35.5. The number of amides is 2. The molecule has 0 unspecified atom stereocenters. The van der Waals surface area contributed by atoms with Crippen LogP contribution in [0.1, 0.15) is 30.3 Å². The van der Waals surface area contributed by atoms with Crippen molar-refractivity contribution in [2.45, 2.75) is 25.8 Å². The molecule has 0 spiro atoms. The maximum Gasteiger partial charge on any atom is 0.267 e. The zero-order chi connectivity index (χ0) is 20.5. The molecule has 2 amide bonds. The van der Waals surface area contributed by atoms with Gasteiger partial charge in [0.2, 0.25) is 5.91 Å². The summed E-state index contributed by atoms with van der Waals surface area (Å²) < 4.78 is 1.65. The van der Waals surface area contributed by atoms with E-state index in [0.29, 0.717) is 28.7 Å². The molecular formula is C20H21ClN6O2. The molecule has 150 valence electrons. The highest BCUT2D eigenvalue weighted by Gasteiger charge is 2.23. The number of aromatic nitrogens is 3. The second-order valence-corrected chi connectivity index (χ2v) is 7.57. The lowest BCUT2D eigenvalue weighted by molar-refractivity contribution is -0.129. The van der Waals surface area contributed by atoms with Gasteiger partial charge in [-0.3, -0.25) is 14.0 Å². The first-order valence-corrected chi connectivity index (χ1v) is 9.76. The Hall–Kier alpha value is -3.13. The topological polar surface area (TPSA) is 106 Å². The molecule has 0 bridgehead atoms. The summed E-state index contributed by atoms with van der Waals surface area (Å²) in [4.78, 5) is 34.5. The number of hydrogen-bond donors (Lipinski definition) is 2.